The summed E-state index contributed by atoms with van der Waals surface area (Å²) < 4.78 is 16.6. The van der Waals surface area contributed by atoms with Gasteiger partial charge in [-0.25, -0.2) is 0 Å². The van der Waals surface area contributed by atoms with Crippen LogP contribution in [-0.2, 0) is 4.79 Å². The van der Waals surface area contributed by atoms with Gasteiger partial charge in [-0.2, -0.15) is 0 Å². The van der Waals surface area contributed by atoms with Crippen molar-refractivity contribution in [3.8, 4) is 17.2 Å². The number of para-hydroxylation sites is 2. The van der Waals surface area contributed by atoms with Crippen molar-refractivity contribution in [2.45, 2.75) is 24.8 Å². The molecule has 7 nitrogen and oxygen atoms in total. The number of ether oxygens (including phenoxy) is 3. The number of carbonyl (C=O) groups is 1. The van der Waals surface area contributed by atoms with Crippen LogP contribution in [0.1, 0.15) is 35.9 Å². The molecular weight excluding hydrogens is 430 g/mol. The molecule has 7 heteroatoms. The van der Waals surface area contributed by atoms with Gasteiger partial charge in [-0.15, -0.1) is 0 Å². The van der Waals surface area contributed by atoms with Gasteiger partial charge in [0.2, 0.25) is 5.75 Å². The van der Waals surface area contributed by atoms with Crippen LogP contribution in [0.5, 0.6) is 17.2 Å². The number of anilines is 1. The molecule has 1 aromatic heterocycles. The standard InChI is InChI=1S/C27H27N3O4/c1-32-23-14-18(15-24(33-2)27(23)34-3)17-12-21-25(22(31)13-17)26(16-8-10-28-11-9-16)30-20-7-5-4-6-19(20)29-21/h4-11,14-15,17,25-26,30H,12-13H2,1-3H3. The van der Waals surface area contributed by atoms with Crippen LogP contribution in [0.3, 0.4) is 0 Å². The van der Waals surface area contributed by atoms with E-state index in [1.54, 1.807) is 33.7 Å². The van der Waals surface area contributed by atoms with Crippen LogP contribution in [0.25, 0.3) is 0 Å². The first kappa shape index (κ1) is 21.9. The fourth-order valence-electron chi connectivity index (χ4n) is 5.02. The smallest absolute Gasteiger partial charge is 0.203 e. The summed E-state index contributed by atoms with van der Waals surface area (Å²) in [6.45, 7) is 0. The molecular formula is C27H27N3O4. The first-order chi connectivity index (χ1) is 16.6. The van der Waals surface area contributed by atoms with Crippen molar-refractivity contribution in [1.29, 1.82) is 0 Å². The molecule has 2 aliphatic rings. The van der Waals surface area contributed by atoms with E-state index in [0.29, 0.717) is 30.1 Å². The second-order valence-corrected chi connectivity index (χ2v) is 8.53. The summed E-state index contributed by atoms with van der Waals surface area (Å²) in [5.41, 5.74) is 4.63. The molecule has 0 saturated heterocycles. The highest BCUT2D eigenvalue weighted by molar-refractivity contribution is 6.10. The molecule has 1 saturated carbocycles. The van der Waals surface area contributed by atoms with Crippen LogP contribution in [0.4, 0.5) is 11.4 Å². The van der Waals surface area contributed by atoms with Crippen LogP contribution >= 0.6 is 0 Å². The Kier molecular flexibility index (Phi) is 5.92. The van der Waals surface area contributed by atoms with Crippen LogP contribution in [0.15, 0.2) is 65.9 Å². The van der Waals surface area contributed by atoms with Crippen LogP contribution in [0.2, 0.25) is 0 Å². The number of fused-ring (bicyclic) bond motifs is 2. The lowest BCUT2D eigenvalue weighted by molar-refractivity contribution is -0.122. The largest absolute Gasteiger partial charge is 0.493 e. The zero-order valence-electron chi connectivity index (χ0n) is 19.4. The Morgan fingerprint density at radius 1 is 0.882 bits per heavy atom. The zero-order chi connectivity index (χ0) is 23.7. The van der Waals surface area contributed by atoms with Crippen molar-refractivity contribution in [3.63, 3.8) is 0 Å². The number of aliphatic imine (C=N–C) groups is 1. The van der Waals surface area contributed by atoms with E-state index in [9.17, 15) is 4.79 Å². The van der Waals surface area contributed by atoms with Gasteiger partial charge >= 0.3 is 0 Å². The Hall–Kier alpha value is -3.87. The molecule has 174 valence electrons. The molecule has 34 heavy (non-hydrogen) atoms. The molecule has 1 aliphatic carbocycles. The summed E-state index contributed by atoms with van der Waals surface area (Å²) in [6, 6.07) is 15.5. The summed E-state index contributed by atoms with van der Waals surface area (Å²) in [5, 5.41) is 3.59. The van der Waals surface area contributed by atoms with Crippen molar-refractivity contribution in [2.24, 2.45) is 10.9 Å². The van der Waals surface area contributed by atoms with Crippen molar-refractivity contribution < 1.29 is 19.0 Å². The van der Waals surface area contributed by atoms with Gasteiger partial charge in [-0.3, -0.25) is 14.8 Å². The van der Waals surface area contributed by atoms with Crippen LogP contribution in [-0.4, -0.2) is 37.8 Å². The number of benzene rings is 2. The molecule has 1 aliphatic heterocycles. The van der Waals surface area contributed by atoms with E-state index in [0.717, 1.165) is 28.2 Å². The van der Waals surface area contributed by atoms with E-state index >= 15 is 0 Å². The number of hydrogen-bond acceptors (Lipinski definition) is 7. The fourth-order valence-corrected chi connectivity index (χ4v) is 5.02. The summed E-state index contributed by atoms with van der Waals surface area (Å²) >= 11 is 0. The minimum Gasteiger partial charge on any atom is -0.493 e. The van der Waals surface area contributed by atoms with Gasteiger partial charge in [0, 0.05) is 24.5 Å². The minimum absolute atomic E-state index is 0.0421. The van der Waals surface area contributed by atoms with Gasteiger partial charge in [0.15, 0.2) is 11.5 Å². The maximum Gasteiger partial charge on any atom is 0.203 e. The molecule has 5 rings (SSSR count). The molecule has 3 unspecified atom stereocenters. The number of aromatic nitrogens is 1. The quantitative estimate of drug-likeness (QED) is 0.573. The molecule has 3 aromatic rings. The zero-order valence-corrected chi connectivity index (χ0v) is 19.4. The number of rotatable bonds is 5. The first-order valence-corrected chi connectivity index (χ1v) is 11.3. The molecule has 1 fully saturated rings. The average Bonchev–Trinajstić information content (AvgIpc) is 3.05. The van der Waals surface area contributed by atoms with E-state index in [4.69, 9.17) is 19.2 Å². The van der Waals surface area contributed by atoms with Crippen LogP contribution in [0, 0.1) is 5.92 Å². The van der Waals surface area contributed by atoms with Crippen molar-refractivity contribution >= 4 is 22.9 Å². The molecule has 2 aromatic carbocycles. The number of ketones is 1. The number of Topliss-reactive ketones (excluding diaryl/α,β-unsaturated/α-hetero) is 1. The Morgan fingerprint density at radius 3 is 2.26 bits per heavy atom. The molecule has 0 spiro atoms. The normalized spacial score (nSPS) is 21.3. The van der Waals surface area contributed by atoms with Crippen molar-refractivity contribution in [2.75, 3.05) is 26.6 Å². The second kappa shape index (κ2) is 9.17. The Morgan fingerprint density at radius 2 is 1.59 bits per heavy atom. The second-order valence-electron chi connectivity index (χ2n) is 8.53. The first-order valence-electron chi connectivity index (χ1n) is 11.3. The van der Waals surface area contributed by atoms with E-state index in [1.165, 1.54) is 0 Å². The molecule has 2 heterocycles. The highest BCUT2D eigenvalue weighted by Gasteiger charge is 2.42. The summed E-state index contributed by atoms with van der Waals surface area (Å²) in [5.74, 6) is 1.46. The summed E-state index contributed by atoms with van der Waals surface area (Å²) in [6.07, 6.45) is 4.59. The lowest BCUT2D eigenvalue weighted by Crippen LogP contribution is -2.38. The fraction of sp³-hybridized carbons (Fsp3) is 0.296. The van der Waals surface area contributed by atoms with Gasteiger partial charge in [0.25, 0.3) is 0 Å². The number of pyridine rings is 1. The maximum absolute atomic E-state index is 13.7. The Bertz CT molecular complexity index is 1220. The summed E-state index contributed by atoms with van der Waals surface area (Å²) in [4.78, 5) is 22.9. The van der Waals surface area contributed by atoms with Gasteiger partial charge < -0.3 is 19.5 Å². The van der Waals surface area contributed by atoms with E-state index in [1.807, 2.05) is 48.5 Å². The lowest BCUT2D eigenvalue weighted by atomic mass is 9.72. The van der Waals surface area contributed by atoms with E-state index < -0.39 is 0 Å². The third-order valence-corrected chi connectivity index (χ3v) is 6.65. The minimum atomic E-state index is -0.354. The summed E-state index contributed by atoms with van der Waals surface area (Å²) in [7, 11) is 4.78. The molecule has 0 bridgehead atoms. The van der Waals surface area contributed by atoms with Crippen molar-refractivity contribution in [3.05, 3.63) is 72.1 Å². The lowest BCUT2D eigenvalue weighted by Gasteiger charge is -2.34. The number of methoxy groups -OCH3 is 3. The average molecular weight is 458 g/mol. The van der Waals surface area contributed by atoms with Gasteiger partial charge in [-0.1, -0.05) is 12.1 Å². The SMILES string of the molecule is COc1cc(C2CC(=O)C3C(=Nc4ccccc4NC3c3ccncc3)C2)cc(OC)c1OC. The van der Waals surface area contributed by atoms with E-state index in [2.05, 4.69) is 10.3 Å². The van der Waals surface area contributed by atoms with Crippen molar-refractivity contribution in [1.82, 2.24) is 4.98 Å². The predicted molar refractivity (Wildman–Crippen MR) is 131 cm³/mol. The maximum atomic E-state index is 13.7. The molecule has 0 amide bonds. The predicted octanol–water partition coefficient (Wildman–Crippen LogP) is 5.11. The Labute approximate surface area is 198 Å². The number of carbonyl (C=O) groups excluding carboxylic acids is 1. The topological polar surface area (TPSA) is 82.0 Å². The third kappa shape index (κ3) is 3.87. The third-order valence-electron chi connectivity index (χ3n) is 6.65. The van der Waals surface area contributed by atoms with Gasteiger partial charge in [-0.05, 0) is 59.9 Å². The van der Waals surface area contributed by atoms with Gasteiger partial charge in [0.05, 0.1) is 44.7 Å². The highest BCUT2D eigenvalue weighted by atomic mass is 16.5. The van der Waals surface area contributed by atoms with Gasteiger partial charge in [0.1, 0.15) is 5.78 Å². The van der Waals surface area contributed by atoms with E-state index in [-0.39, 0.29) is 23.7 Å². The molecule has 3 atom stereocenters. The highest BCUT2D eigenvalue weighted by Crippen LogP contribution is 2.46. The Balaban J connectivity index is 1.58. The number of nitrogens with one attached hydrogen (secondary N) is 1. The molecule has 0 radical (unpaired) electrons. The molecule has 1 N–H and O–H groups in total. The monoisotopic (exact) mass is 457 g/mol. The number of hydrogen-bond donors (Lipinski definition) is 1. The number of nitrogens with zero attached hydrogens (tertiary/aromatic N) is 2. The van der Waals surface area contributed by atoms with Crippen LogP contribution < -0.4 is 19.5 Å².